The summed E-state index contributed by atoms with van der Waals surface area (Å²) >= 11 is 0. The second-order valence-electron chi connectivity index (χ2n) is 8.28. The summed E-state index contributed by atoms with van der Waals surface area (Å²) in [5.41, 5.74) is 0.317. The summed E-state index contributed by atoms with van der Waals surface area (Å²) in [5, 5.41) is 11.0. The Morgan fingerprint density at radius 2 is 1.68 bits per heavy atom. The molecule has 2 atom stereocenters. The normalized spacial score (nSPS) is 50.8. The van der Waals surface area contributed by atoms with Crippen LogP contribution in [0, 0.1) is 23.2 Å². The Kier molecular flexibility index (Phi) is 2.97. The zero-order valence-electron chi connectivity index (χ0n) is 12.4. The first-order chi connectivity index (χ1) is 9.14. The van der Waals surface area contributed by atoms with Gasteiger partial charge in [0.05, 0.1) is 6.10 Å². The van der Waals surface area contributed by atoms with E-state index in [1.54, 1.807) is 0 Å². The third kappa shape index (κ3) is 2.06. The van der Waals surface area contributed by atoms with Gasteiger partial charge in [-0.25, -0.2) is 0 Å². The molecule has 5 fully saturated rings. The molecule has 5 rings (SSSR count). The maximum absolute atomic E-state index is 11.0. The summed E-state index contributed by atoms with van der Waals surface area (Å²) in [6.45, 7) is 4.50. The van der Waals surface area contributed by atoms with Crippen LogP contribution >= 0.6 is 0 Å². The van der Waals surface area contributed by atoms with Gasteiger partial charge in [0, 0.05) is 12.6 Å². The second kappa shape index (κ2) is 4.46. The van der Waals surface area contributed by atoms with Crippen molar-refractivity contribution in [1.29, 1.82) is 0 Å². The molecular weight excluding hydrogens is 234 g/mol. The first-order valence-corrected chi connectivity index (χ1v) is 8.57. The van der Waals surface area contributed by atoms with Crippen LogP contribution in [0.2, 0.25) is 0 Å². The molecule has 2 unspecified atom stereocenters. The highest BCUT2D eigenvalue weighted by Crippen LogP contribution is 2.61. The number of likely N-dealkylation sites (tertiary alicyclic amines) is 1. The molecule has 1 aliphatic heterocycles. The van der Waals surface area contributed by atoms with E-state index in [4.69, 9.17) is 0 Å². The van der Waals surface area contributed by atoms with Crippen LogP contribution in [0.4, 0.5) is 0 Å². The van der Waals surface area contributed by atoms with Crippen molar-refractivity contribution in [1.82, 2.24) is 4.90 Å². The van der Waals surface area contributed by atoms with Crippen LogP contribution in [-0.2, 0) is 0 Å². The number of rotatable bonds is 3. The first kappa shape index (κ1) is 12.6. The van der Waals surface area contributed by atoms with E-state index < -0.39 is 0 Å². The maximum Gasteiger partial charge on any atom is 0.0723 e. The molecule has 0 amide bonds. The first-order valence-electron chi connectivity index (χ1n) is 8.57. The Bertz CT molecular complexity index is 318. The highest BCUT2D eigenvalue weighted by Gasteiger charge is 2.54. The highest BCUT2D eigenvalue weighted by molar-refractivity contribution is 5.05. The number of hydrogen-bond acceptors (Lipinski definition) is 2. The molecule has 5 aliphatic rings. The van der Waals surface area contributed by atoms with Gasteiger partial charge in [-0.15, -0.1) is 0 Å². The molecule has 0 aromatic rings. The van der Waals surface area contributed by atoms with Gasteiger partial charge in [-0.2, -0.15) is 0 Å². The molecule has 2 heteroatoms. The van der Waals surface area contributed by atoms with Gasteiger partial charge in [0.2, 0.25) is 0 Å². The van der Waals surface area contributed by atoms with Crippen LogP contribution in [0.15, 0.2) is 0 Å². The molecule has 0 aromatic carbocycles. The summed E-state index contributed by atoms with van der Waals surface area (Å²) in [5.74, 6) is 2.87. The molecule has 4 saturated carbocycles. The number of nitrogens with zero attached hydrogens (tertiary/aromatic N) is 1. The molecule has 1 heterocycles. The Labute approximate surface area is 117 Å². The van der Waals surface area contributed by atoms with Crippen molar-refractivity contribution in [3.05, 3.63) is 0 Å². The third-order valence-corrected chi connectivity index (χ3v) is 6.89. The van der Waals surface area contributed by atoms with Crippen LogP contribution < -0.4 is 0 Å². The molecule has 19 heavy (non-hydrogen) atoms. The fourth-order valence-corrected chi connectivity index (χ4v) is 6.27. The van der Waals surface area contributed by atoms with Crippen LogP contribution in [0.25, 0.3) is 0 Å². The largest absolute Gasteiger partial charge is 0.391 e. The number of hydrogen-bond donors (Lipinski definition) is 1. The molecule has 0 spiro atoms. The molecular formula is C17H29NO. The number of β-amino-alcohol motifs (C(OH)–C–C–N with tert-alkyl or cyclic N) is 1. The summed E-state index contributed by atoms with van der Waals surface area (Å²) in [7, 11) is 0. The van der Waals surface area contributed by atoms with Crippen molar-refractivity contribution in [2.75, 3.05) is 13.1 Å². The van der Waals surface area contributed by atoms with E-state index in [2.05, 4.69) is 11.8 Å². The predicted molar refractivity (Wildman–Crippen MR) is 76.9 cm³/mol. The molecule has 1 N–H and O–H groups in total. The third-order valence-electron chi connectivity index (χ3n) is 6.89. The van der Waals surface area contributed by atoms with Crippen molar-refractivity contribution in [3.8, 4) is 0 Å². The highest BCUT2D eigenvalue weighted by atomic mass is 16.3. The van der Waals surface area contributed by atoms with E-state index in [1.807, 2.05) is 0 Å². The molecule has 0 radical (unpaired) electrons. The topological polar surface area (TPSA) is 23.5 Å². The lowest BCUT2D eigenvalue weighted by atomic mass is 9.48. The van der Waals surface area contributed by atoms with Crippen molar-refractivity contribution >= 4 is 0 Å². The maximum atomic E-state index is 11.0. The minimum atomic E-state index is -0.0542. The average Bonchev–Trinajstić information content (AvgIpc) is 2.73. The summed E-state index contributed by atoms with van der Waals surface area (Å²) < 4.78 is 0. The van der Waals surface area contributed by atoms with Crippen LogP contribution in [0.3, 0.4) is 0 Å². The van der Waals surface area contributed by atoms with Crippen molar-refractivity contribution in [3.63, 3.8) is 0 Å². The molecule has 0 aromatic heterocycles. The Hall–Kier alpha value is -0.0800. The van der Waals surface area contributed by atoms with Crippen LogP contribution in [0.1, 0.15) is 58.3 Å². The minimum Gasteiger partial charge on any atom is -0.391 e. The van der Waals surface area contributed by atoms with Gasteiger partial charge in [0.1, 0.15) is 0 Å². The van der Waals surface area contributed by atoms with E-state index in [1.165, 1.54) is 57.9 Å². The van der Waals surface area contributed by atoms with Gasteiger partial charge >= 0.3 is 0 Å². The fourth-order valence-electron chi connectivity index (χ4n) is 6.27. The van der Waals surface area contributed by atoms with Crippen LogP contribution in [-0.4, -0.2) is 35.2 Å². The summed E-state index contributed by atoms with van der Waals surface area (Å²) in [6.07, 6.45) is 11.0. The zero-order chi connectivity index (χ0) is 13.0. The standard InChI is InChI=1S/C17H29NO/c1-12-3-2-4-18(12)11-16(19)17-8-13-5-14(9-17)7-15(6-13)10-17/h12-16,19H,2-11H2,1H3. The van der Waals surface area contributed by atoms with Crippen molar-refractivity contribution in [2.24, 2.45) is 23.2 Å². The zero-order valence-corrected chi connectivity index (χ0v) is 12.4. The van der Waals surface area contributed by atoms with Gasteiger partial charge in [-0.05, 0) is 88.0 Å². The predicted octanol–water partition coefficient (Wildman–Crippen LogP) is 3.05. The molecule has 2 nitrogen and oxygen atoms in total. The average molecular weight is 263 g/mol. The summed E-state index contributed by atoms with van der Waals surface area (Å²) in [4.78, 5) is 2.54. The lowest BCUT2D eigenvalue weighted by Gasteiger charge is -2.58. The molecule has 4 bridgehead atoms. The molecule has 4 aliphatic carbocycles. The van der Waals surface area contributed by atoms with E-state index in [0.717, 1.165) is 24.3 Å². The monoisotopic (exact) mass is 263 g/mol. The Morgan fingerprint density at radius 1 is 1.11 bits per heavy atom. The van der Waals surface area contributed by atoms with Crippen molar-refractivity contribution < 1.29 is 5.11 Å². The Morgan fingerprint density at radius 3 is 2.16 bits per heavy atom. The number of aliphatic hydroxyl groups excluding tert-OH is 1. The minimum absolute atomic E-state index is 0.0542. The van der Waals surface area contributed by atoms with Gasteiger partial charge in [-0.1, -0.05) is 0 Å². The van der Waals surface area contributed by atoms with E-state index in [0.29, 0.717) is 11.5 Å². The van der Waals surface area contributed by atoms with Crippen LogP contribution in [0.5, 0.6) is 0 Å². The SMILES string of the molecule is CC1CCCN1CC(O)C12CC3CC(CC(C3)C1)C2. The van der Waals surface area contributed by atoms with Gasteiger partial charge in [0.25, 0.3) is 0 Å². The fraction of sp³-hybridized carbons (Fsp3) is 1.00. The summed E-state index contributed by atoms with van der Waals surface area (Å²) in [6, 6.07) is 0.698. The van der Waals surface area contributed by atoms with E-state index in [-0.39, 0.29) is 6.10 Å². The molecule has 108 valence electrons. The Balaban J connectivity index is 1.48. The molecule has 1 saturated heterocycles. The van der Waals surface area contributed by atoms with E-state index >= 15 is 0 Å². The van der Waals surface area contributed by atoms with Gasteiger partial charge in [0.15, 0.2) is 0 Å². The quantitative estimate of drug-likeness (QED) is 0.846. The van der Waals surface area contributed by atoms with Crippen molar-refractivity contribution in [2.45, 2.75) is 70.4 Å². The lowest BCUT2D eigenvalue weighted by molar-refractivity contribution is -0.127. The van der Waals surface area contributed by atoms with Gasteiger partial charge < -0.3 is 5.11 Å². The number of aliphatic hydroxyl groups is 1. The second-order valence-corrected chi connectivity index (χ2v) is 8.28. The lowest BCUT2D eigenvalue weighted by Crippen LogP contribution is -2.54. The smallest absolute Gasteiger partial charge is 0.0723 e. The van der Waals surface area contributed by atoms with E-state index in [9.17, 15) is 5.11 Å². The van der Waals surface area contributed by atoms with Gasteiger partial charge in [-0.3, -0.25) is 4.90 Å².